The van der Waals surface area contributed by atoms with Crippen molar-refractivity contribution in [2.24, 2.45) is 5.92 Å². The van der Waals surface area contributed by atoms with E-state index in [-0.39, 0.29) is 28.1 Å². The molecule has 2 aliphatic rings. The SMILES string of the molecule is COc1ccc([N+](=O)[O-])cc1S(=O)(=O)N1CSCC1C(=O)NCC1CC1. The van der Waals surface area contributed by atoms with Crippen molar-refractivity contribution >= 4 is 33.4 Å². The van der Waals surface area contributed by atoms with Crippen LogP contribution in [0.2, 0.25) is 0 Å². The molecule has 1 amide bonds. The summed E-state index contributed by atoms with van der Waals surface area (Å²) in [4.78, 5) is 22.5. The topological polar surface area (TPSA) is 119 Å². The first-order valence-electron chi connectivity index (χ1n) is 8.04. The number of carbonyl (C=O) groups is 1. The maximum absolute atomic E-state index is 13.1. The van der Waals surface area contributed by atoms with Gasteiger partial charge >= 0.3 is 0 Å². The van der Waals surface area contributed by atoms with E-state index < -0.39 is 21.0 Å². The van der Waals surface area contributed by atoms with Gasteiger partial charge in [0.1, 0.15) is 16.7 Å². The molecule has 1 aliphatic heterocycles. The first-order valence-corrected chi connectivity index (χ1v) is 10.6. The number of nitrogens with one attached hydrogen (secondary N) is 1. The molecule has 0 radical (unpaired) electrons. The van der Waals surface area contributed by atoms with Crippen molar-refractivity contribution in [3.05, 3.63) is 28.3 Å². The average molecular weight is 401 g/mol. The molecule has 1 saturated carbocycles. The van der Waals surface area contributed by atoms with E-state index in [9.17, 15) is 23.3 Å². The molecule has 1 unspecified atom stereocenters. The number of non-ortho nitro benzene ring substituents is 1. The van der Waals surface area contributed by atoms with Crippen LogP contribution in [0.15, 0.2) is 23.1 Å². The van der Waals surface area contributed by atoms with E-state index in [1.165, 1.54) is 31.0 Å². The van der Waals surface area contributed by atoms with Gasteiger partial charge in [-0.05, 0) is 24.8 Å². The zero-order valence-corrected chi connectivity index (χ0v) is 15.7. The molecule has 1 aromatic rings. The minimum atomic E-state index is -4.13. The minimum Gasteiger partial charge on any atom is -0.495 e. The second-order valence-corrected chi connectivity index (χ2v) is 9.05. The van der Waals surface area contributed by atoms with Crippen molar-refractivity contribution in [1.29, 1.82) is 0 Å². The summed E-state index contributed by atoms with van der Waals surface area (Å²) < 4.78 is 32.3. The predicted molar refractivity (Wildman–Crippen MR) is 95.5 cm³/mol. The van der Waals surface area contributed by atoms with Crippen molar-refractivity contribution in [1.82, 2.24) is 9.62 Å². The number of sulfonamides is 1. The molecule has 1 heterocycles. The van der Waals surface area contributed by atoms with Crippen LogP contribution in [0.25, 0.3) is 0 Å². The van der Waals surface area contributed by atoms with Gasteiger partial charge in [-0.1, -0.05) is 0 Å². The zero-order chi connectivity index (χ0) is 18.9. The van der Waals surface area contributed by atoms with Crippen molar-refractivity contribution in [3.8, 4) is 5.75 Å². The van der Waals surface area contributed by atoms with E-state index >= 15 is 0 Å². The Morgan fingerprint density at radius 1 is 1.46 bits per heavy atom. The van der Waals surface area contributed by atoms with Crippen LogP contribution < -0.4 is 10.1 Å². The molecule has 1 N–H and O–H groups in total. The number of hydrogen-bond acceptors (Lipinski definition) is 7. The highest BCUT2D eigenvalue weighted by Crippen LogP contribution is 2.35. The van der Waals surface area contributed by atoms with Gasteiger partial charge in [-0.15, -0.1) is 11.8 Å². The van der Waals surface area contributed by atoms with Crippen molar-refractivity contribution in [2.45, 2.75) is 23.8 Å². The Kier molecular flexibility index (Phi) is 5.39. The maximum atomic E-state index is 13.1. The molecule has 1 aliphatic carbocycles. The molecule has 26 heavy (non-hydrogen) atoms. The molecule has 1 atom stereocenters. The number of nitro groups is 1. The van der Waals surface area contributed by atoms with Crippen LogP contribution in [-0.4, -0.2) is 54.9 Å². The normalized spacial score (nSPS) is 20.7. The molecule has 11 heteroatoms. The molecule has 3 rings (SSSR count). The summed E-state index contributed by atoms with van der Waals surface area (Å²) in [6.07, 6.45) is 2.15. The van der Waals surface area contributed by atoms with Crippen molar-refractivity contribution in [3.63, 3.8) is 0 Å². The van der Waals surface area contributed by atoms with Gasteiger partial charge < -0.3 is 10.1 Å². The first-order chi connectivity index (χ1) is 12.3. The lowest BCUT2D eigenvalue weighted by Crippen LogP contribution is -2.47. The third-order valence-corrected chi connectivity index (χ3v) is 7.40. The van der Waals surface area contributed by atoms with E-state index in [0.29, 0.717) is 18.2 Å². The second kappa shape index (κ2) is 7.41. The number of carbonyl (C=O) groups excluding carboxylic acids is 1. The number of methoxy groups -OCH3 is 1. The van der Waals surface area contributed by atoms with Crippen molar-refractivity contribution in [2.75, 3.05) is 25.3 Å². The summed E-state index contributed by atoms with van der Waals surface area (Å²) in [6, 6.07) is 2.55. The van der Waals surface area contributed by atoms with Gasteiger partial charge in [0.25, 0.3) is 5.69 Å². The summed E-state index contributed by atoms with van der Waals surface area (Å²) in [5, 5.41) is 13.8. The number of nitrogens with zero attached hydrogens (tertiary/aromatic N) is 2. The van der Waals surface area contributed by atoms with Crippen LogP contribution in [0.5, 0.6) is 5.75 Å². The van der Waals surface area contributed by atoms with Gasteiger partial charge in [0, 0.05) is 24.4 Å². The van der Waals surface area contributed by atoms with Crippen LogP contribution >= 0.6 is 11.8 Å². The Bertz CT molecular complexity index is 825. The van der Waals surface area contributed by atoms with Crippen LogP contribution in [0, 0.1) is 16.0 Å². The number of rotatable bonds is 7. The summed E-state index contributed by atoms with van der Waals surface area (Å²) in [7, 11) is -2.84. The third kappa shape index (κ3) is 3.79. The molecule has 142 valence electrons. The fourth-order valence-corrected chi connectivity index (χ4v) is 5.99. The molecular weight excluding hydrogens is 382 g/mol. The van der Waals surface area contributed by atoms with Gasteiger partial charge in [-0.3, -0.25) is 14.9 Å². The highest BCUT2D eigenvalue weighted by molar-refractivity contribution is 8.00. The smallest absolute Gasteiger partial charge is 0.271 e. The van der Waals surface area contributed by atoms with Gasteiger partial charge in [0.15, 0.2) is 0 Å². The Balaban J connectivity index is 1.89. The van der Waals surface area contributed by atoms with Gasteiger partial charge in [-0.2, -0.15) is 4.31 Å². The lowest BCUT2D eigenvalue weighted by molar-refractivity contribution is -0.385. The number of amides is 1. The molecule has 9 nitrogen and oxygen atoms in total. The highest BCUT2D eigenvalue weighted by atomic mass is 32.2. The molecule has 1 saturated heterocycles. The highest BCUT2D eigenvalue weighted by Gasteiger charge is 2.42. The molecular formula is C15H19N3O6S2. The molecule has 0 bridgehead atoms. The molecule has 0 aromatic heterocycles. The monoisotopic (exact) mass is 401 g/mol. The maximum Gasteiger partial charge on any atom is 0.271 e. The Morgan fingerprint density at radius 2 is 2.19 bits per heavy atom. The number of ether oxygens (including phenoxy) is 1. The van der Waals surface area contributed by atoms with Crippen molar-refractivity contribution < 1.29 is 22.9 Å². The number of benzene rings is 1. The standard InChI is InChI=1S/C15H19N3O6S2/c1-24-13-5-4-11(18(20)21)6-14(13)26(22,23)17-9-25-8-12(17)15(19)16-7-10-2-3-10/h4-6,10,12H,2-3,7-9H2,1H3,(H,16,19). The van der Waals surface area contributed by atoms with E-state index in [1.54, 1.807) is 0 Å². The van der Waals surface area contributed by atoms with Crippen LogP contribution in [0.1, 0.15) is 12.8 Å². The lowest BCUT2D eigenvalue weighted by atomic mass is 10.3. The van der Waals surface area contributed by atoms with E-state index in [1.807, 2.05) is 0 Å². The minimum absolute atomic E-state index is 0.00429. The number of hydrogen-bond donors (Lipinski definition) is 1. The average Bonchev–Trinajstić information content (AvgIpc) is 3.31. The summed E-state index contributed by atoms with van der Waals surface area (Å²) in [5.41, 5.74) is -0.356. The Morgan fingerprint density at radius 3 is 2.81 bits per heavy atom. The zero-order valence-electron chi connectivity index (χ0n) is 14.1. The summed E-state index contributed by atoms with van der Waals surface area (Å²) >= 11 is 1.33. The molecule has 1 aromatic carbocycles. The van der Waals surface area contributed by atoms with Gasteiger partial charge in [0.05, 0.1) is 17.9 Å². The molecule has 0 spiro atoms. The van der Waals surface area contributed by atoms with Crippen LogP contribution in [0.3, 0.4) is 0 Å². The van der Waals surface area contributed by atoms with Crippen LogP contribution in [-0.2, 0) is 14.8 Å². The Labute approximate surface area is 155 Å². The quantitative estimate of drug-likeness (QED) is 0.538. The van der Waals surface area contributed by atoms with Crippen LogP contribution in [0.4, 0.5) is 5.69 Å². The second-order valence-electron chi connectivity index (χ2n) is 6.19. The lowest BCUT2D eigenvalue weighted by Gasteiger charge is -2.23. The fourth-order valence-electron chi connectivity index (χ4n) is 2.66. The number of thioether (sulfide) groups is 1. The summed E-state index contributed by atoms with van der Waals surface area (Å²) in [5.74, 6) is 0.595. The summed E-state index contributed by atoms with van der Waals surface area (Å²) in [6.45, 7) is 0.550. The third-order valence-electron chi connectivity index (χ3n) is 4.35. The number of nitro benzene ring substituents is 1. The van der Waals surface area contributed by atoms with Gasteiger partial charge in [-0.25, -0.2) is 8.42 Å². The van der Waals surface area contributed by atoms with E-state index in [2.05, 4.69) is 5.32 Å². The fraction of sp³-hybridized carbons (Fsp3) is 0.533. The first kappa shape index (κ1) is 18.9. The largest absolute Gasteiger partial charge is 0.495 e. The Hall–Kier alpha value is -1.85. The van der Waals surface area contributed by atoms with Gasteiger partial charge in [0.2, 0.25) is 15.9 Å². The predicted octanol–water partition coefficient (Wildman–Crippen LogP) is 1.19. The molecule has 2 fully saturated rings. The van der Waals surface area contributed by atoms with E-state index in [0.717, 1.165) is 23.2 Å². The van der Waals surface area contributed by atoms with E-state index in [4.69, 9.17) is 4.74 Å².